The van der Waals surface area contributed by atoms with E-state index < -0.39 is 5.82 Å². The van der Waals surface area contributed by atoms with Crippen molar-refractivity contribution in [1.29, 1.82) is 0 Å². The highest BCUT2D eigenvalue weighted by atomic mass is 32.1. The lowest BCUT2D eigenvalue weighted by Crippen LogP contribution is -2.59. The molecule has 0 spiro atoms. The molecule has 36 heavy (non-hydrogen) atoms. The van der Waals surface area contributed by atoms with Crippen molar-refractivity contribution in [3.8, 4) is 5.82 Å². The van der Waals surface area contributed by atoms with Crippen LogP contribution in [-0.4, -0.2) is 79.7 Å². The third-order valence-electron chi connectivity index (χ3n) is 6.48. The van der Waals surface area contributed by atoms with Gasteiger partial charge in [0.15, 0.2) is 5.82 Å². The van der Waals surface area contributed by atoms with Crippen molar-refractivity contribution in [2.45, 2.75) is 25.5 Å². The maximum atomic E-state index is 13.9. The maximum absolute atomic E-state index is 13.9. The van der Waals surface area contributed by atoms with Crippen molar-refractivity contribution in [3.05, 3.63) is 70.7 Å². The molecular weight excluding hydrogens is 503 g/mol. The number of amides is 1. The molecule has 1 amide bonds. The van der Waals surface area contributed by atoms with Crippen LogP contribution in [0.3, 0.4) is 0 Å². The fraction of sp³-hybridized carbons (Fsp3) is 0.391. The molecule has 2 saturated heterocycles. The molecule has 2 fully saturated rings. The van der Waals surface area contributed by atoms with Gasteiger partial charge in [-0.3, -0.25) is 9.69 Å². The van der Waals surface area contributed by atoms with Crippen molar-refractivity contribution in [1.82, 2.24) is 35.0 Å². The quantitative estimate of drug-likeness (QED) is 0.477. The molecule has 4 heterocycles. The molecule has 0 aliphatic carbocycles. The van der Waals surface area contributed by atoms with Gasteiger partial charge < -0.3 is 9.64 Å². The van der Waals surface area contributed by atoms with Crippen LogP contribution in [0.1, 0.15) is 22.8 Å². The number of benzene rings is 1. The van der Waals surface area contributed by atoms with Crippen LogP contribution in [0.15, 0.2) is 36.8 Å². The zero-order chi connectivity index (χ0) is 23.7. The van der Waals surface area contributed by atoms with Crippen molar-refractivity contribution >= 4 is 38.6 Å². The average molecular weight is 531 g/mol. The van der Waals surface area contributed by atoms with Gasteiger partial charge in [-0.15, -0.1) is 5.10 Å². The minimum Gasteiger partial charge on any atom is -0.371 e. The largest absolute Gasteiger partial charge is 0.371 e. The first-order chi connectivity index (χ1) is 16.5. The minimum absolute atomic E-state index is 0. The molecule has 0 radical (unpaired) electrons. The molecule has 0 bridgehead atoms. The Bertz CT molecular complexity index is 1240. The van der Waals surface area contributed by atoms with E-state index in [9.17, 15) is 9.18 Å². The number of nitrogens with zero attached hydrogens (tertiary/aromatic N) is 8. The van der Waals surface area contributed by atoms with Crippen LogP contribution >= 0.6 is 27.0 Å². The molecule has 5 rings (SSSR count). The number of tetrazole rings is 1. The topological polar surface area (TPSA) is 93.6 Å². The number of hydrogen-bond acceptors (Lipinski definition) is 7. The summed E-state index contributed by atoms with van der Waals surface area (Å²) in [6.45, 7) is 12.1. The lowest BCUT2D eigenvalue weighted by molar-refractivity contribution is -0.139. The Labute approximate surface area is 222 Å². The van der Waals surface area contributed by atoms with E-state index in [4.69, 9.17) is 11.3 Å². The monoisotopic (exact) mass is 530 g/mol. The molecule has 3 aromatic rings. The van der Waals surface area contributed by atoms with E-state index in [-0.39, 0.29) is 57.2 Å². The van der Waals surface area contributed by atoms with Crippen LogP contribution in [0.5, 0.6) is 0 Å². The van der Waals surface area contributed by atoms with E-state index in [0.717, 1.165) is 17.7 Å². The summed E-state index contributed by atoms with van der Waals surface area (Å²) in [7, 11) is 0. The molecule has 0 saturated carbocycles. The summed E-state index contributed by atoms with van der Waals surface area (Å²) >= 11 is 0. The molecule has 190 valence electrons. The van der Waals surface area contributed by atoms with Gasteiger partial charge in [0.2, 0.25) is 11.6 Å². The number of piperazine rings is 1. The molecule has 2 aliphatic rings. The number of fused-ring (bicyclic) bond motifs is 1. The summed E-state index contributed by atoms with van der Waals surface area (Å²) in [5.41, 5.74) is 2.36. The molecule has 2 atom stereocenters. The first-order valence-corrected chi connectivity index (χ1v) is 11.0. The second kappa shape index (κ2) is 11.8. The molecule has 2 aromatic heterocycles. The van der Waals surface area contributed by atoms with E-state index in [1.54, 1.807) is 25.3 Å². The standard InChI is InChI=1S/C23H23FN8O2.2H2S/c1-15-18(4-5-19(24)23(15)25-2)20-12-30-7-8-31(11-17(30)13-34-20)22(33)9-16-3-6-21(26-10-16)32-14-27-28-29-32;;/h3-6,10,14,17,20H,7-9,11-13H2,1H3;2*1H2/t17-,20+;;/m0../s1. The molecule has 13 heteroatoms. The van der Waals surface area contributed by atoms with Crippen LogP contribution in [-0.2, 0) is 16.0 Å². The number of rotatable bonds is 4. The molecule has 0 N–H and O–H groups in total. The molecule has 0 unspecified atom stereocenters. The van der Waals surface area contributed by atoms with Crippen molar-refractivity contribution in [3.63, 3.8) is 0 Å². The number of aromatic nitrogens is 5. The van der Waals surface area contributed by atoms with Crippen molar-refractivity contribution < 1.29 is 13.9 Å². The highest BCUT2D eigenvalue weighted by Crippen LogP contribution is 2.34. The predicted octanol–water partition coefficient (Wildman–Crippen LogP) is 2.11. The summed E-state index contributed by atoms with van der Waals surface area (Å²) < 4.78 is 21.5. The number of hydrogen-bond donors (Lipinski definition) is 0. The fourth-order valence-corrected chi connectivity index (χ4v) is 4.58. The zero-order valence-electron chi connectivity index (χ0n) is 19.6. The van der Waals surface area contributed by atoms with Crippen molar-refractivity contribution in [2.24, 2.45) is 0 Å². The van der Waals surface area contributed by atoms with Gasteiger partial charge >= 0.3 is 0 Å². The third-order valence-corrected chi connectivity index (χ3v) is 6.48. The Morgan fingerprint density at radius 2 is 2.06 bits per heavy atom. The number of morpholine rings is 1. The third kappa shape index (κ3) is 5.52. The summed E-state index contributed by atoms with van der Waals surface area (Å²) in [6, 6.07) is 6.79. The predicted molar refractivity (Wildman–Crippen MR) is 139 cm³/mol. The van der Waals surface area contributed by atoms with Crippen molar-refractivity contribution in [2.75, 3.05) is 32.8 Å². The van der Waals surface area contributed by atoms with Crippen LogP contribution in [0.25, 0.3) is 10.7 Å². The Morgan fingerprint density at radius 1 is 1.22 bits per heavy atom. The summed E-state index contributed by atoms with van der Waals surface area (Å²) in [5.74, 6) is 0.135. The Morgan fingerprint density at radius 3 is 2.75 bits per heavy atom. The summed E-state index contributed by atoms with van der Waals surface area (Å²) in [4.78, 5) is 24.8. The van der Waals surface area contributed by atoms with E-state index in [0.29, 0.717) is 37.6 Å². The van der Waals surface area contributed by atoms with Gasteiger partial charge in [-0.25, -0.2) is 14.2 Å². The van der Waals surface area contributed by atoms with Gasteiger partial charge in [-0.2, -0.15) is 31.7 Å². The Balaban J connectivity index is 0.00000180. The van der Waals surface area contributed by atoms with Gasteiger partial charge in [0.05, 0.1) is 31.7 Å². The number of halogens is 1. The Kier molecular flexibility index (Phi) is 9.02. The SMILES string of the molecule is S.S.[C-]#[N+]c1c(F)ccc([C@H]2CN3CCN(C(=O)Cc4ccc(-n5cnnn5)nc4)C[C@H]3CO2)c1C. The number of carbonyl (C=O) groups excluding carboxylic acids is 1. The first-order valence-electron chi connectivity index (χ1n) is 11.0. The highest BCUT2D eigenvalue weighted by molar-refractivity contribution is 7.59. The Hall–Kier alpha value is -3.05. The molecule has 2 aliphatic heterocycles. The van der Waals surface area contributed by atoms with E-state index in [1.165, 1.54) is 17.1 Å². The fourth-order valence-electron chi connectivity index (χ4n) is 4.58. The average Bonchev–Trinajstić information content (AvgIpc) is 3.39. The minimum atomic E-state index is -0.502. The van der Waals surface area contributed by atoms with Gasteiger partial charge in [0.1, 0.15) is 12.1 Å². The van der Waals surface area contributed by atoms with Crippen LogP contribution in [0.4, 0.5) is 10.1 Å². The smallest absolute Gasteiger partial charge is 0.227 e. The van der Waals surface area contributed by atoms with Crippen LogP contribution in [0.2, 0.25) is 0 Å². The van der Waals surface area contributed by atoms with Gasteiger partial charge in [0, 0.05) is 32.4 Å². The molecular formula is C23H27FN8O2S2. The van der Waals surface area contributed by atoms with Gasteiger partial charge in [-0.1, -0.05) is 12.1 Å². The van der Waals surface area contributed by atoms with Crippen LogP contribution < -0.4 is 0 Å². The van der Waals surface area contributed by atoms with E-state index in [1.807, 2.05) is 11.0 Å². The lowest BCUT2D eigenvalue weighted by Gasteiger charge is -2.46. The lowest BCUT2D eigenvalue weighted by atomic mass is 9.98. The van der Waals surface area contributed by atoms with E-state index >= 15 is 0 Å². The second-order valence-corrected chi connectivity index (χ2v) is 8.49. The van der Waals surface area contributed by atoms with Gasteiger partial charge in [-0.05, 0) is 46.2 Å². The van der Waals surface area contributed by atoms with Gasteiger partial charge in [0.25, 0.3) is 0 Å². The number of carbonyl (C=O) groups is 1. The molecule has 1 aromatic carbocycles. The van der Waals surface area contributed by atoms with E-state index in [2.05, 4.69) is 30.3 Å². The first kappa shape index (κ1) is 27.5. The second-order valence-electron chi connectivity index (χ2n) is 8.49. The summed E-state index contributed by atoms with van der Waals surface area (Å²) in [5, 5.41) is 11.0. The number of pyridine rings is 1. The summed E-state index contributed by atoms with van der Waals surface area (Å²) in [6.07, 6.45) is 3.18. The van der Waals surface area contributed by atoms with Crippen LogP contribution in [0, 0.1) is 19.3 Å². The molecule has 10 nitrogen and oxygen atoms in total. The normalized spacial score (nSPS) is 19.4. The zero-order valence-corrected chi connectivity index (χ0v) is 21.6. The number of ether oxygens (including phenoxy) is 1. The maximum Gasteiger partial charge on any atom is 0.227 e. The highest BCUT2D eigenvalue weighted by Gasteiger charge is 2.36.